The van der Waals surface area contributed by atoms with Crippen molar-refractivity contribution in [3.05, 3.63) is 42.1 Å². The first kappa shape index (κ1) is 14.6. The molecule has 1 rings (SSSR count). The molecule has 0 heterocycles. The molecule has 12 heavy (non-hydrogen) atoms. The van der Waals surface area contributed by atoms with Gasteiger partial charge in [0.15, 0.2) is 0 Å². The van der Waals surface area contributed by atoms with Gasteiger partial charge >= 0.3 is 0 Å². The van der Waals surface area contributed by atoms with Gasteiger partial charge in [0.05, 0.1) is 0 Å². The van der Waals surface area contributed by atoms with Crippen LogP contribution in [0.2, 0.25) is 0 Å². The van der Waals surface area contributed by atoms with Crippen LogP contribution in [0, 0.1) is 6.17 Å². The first-order valence-corrected chi connectivity index (χ1v) is 2.58. The summed E-state index contributed by atoms with van der Waals surface area (Å²) in [7, 11) is 0. The van der Waals surface area contributed by atoms with Crippen LogP contribution < -0.4 is 17.0 Å². The van der Waals surface area contributed by atoms with Crippen molar-refractivity contribution in [3.63, 3.8) is 0 Å². The molecular weight excluding hydrogens is 286 g/mol. The van der Waals surface area contributed by atoms with Gasteiger partial charge in [0.1, 0.15) is 11.7 Å². The Kier molecular flexibility index (Phi) is 6.96. The molecule has 63 valence electrons. The maximum absolute atomic E-state index is 12.3. The number of rotatable bonds is 0. The summed E-state index contributed by atoms with van der Waals surface area (Å²) < 4.78 is 36.6. The van der Waals surface area contributed by atoms with Crippen molar-refractivity contribution in [3.8, 4) is 0 Å². The van der Waals surface area contributed by atoms with Gasteiger partial charge in [0, 0.05) is 25.1 Å². The molecule has 1 aliphatic rings. The molecular formula is C7H4BrF3Zn-. The first-order valence-electron chi connectivity index (χ1n) is 2.58. The van der Waals surface area contributed by atoms with E-state index in [-0.39, 0.29) is 42.0 Å². The summed E-state index contributed by atoms with van der Waals surface area (Å²) in [6.07, 6.45) is -0.00704. The van der Waals surface area contributed by atoms with E-state index in [0.717, 1.165) is 0 Å². The van der Waals surface area contributed by atoms with Crippen LogP contribution in [0.15, 0.2) is 36.0 Å². The SMILES string of the molecule is C=C1C=C(F)[C](F)C=C1F.[Br-].[Zn]. The van der Waals surface area contributed by atoms with Crippen LogP contribution in [0.5, 0.6) is 0 Å². The van der Waals surface area contributed by atoms with Crippen LogP contribution in [-0.4, -0.2) is 0 Å². The Morgan fingerprint density at radius 2 is 1.50 bits per heavy atom. The molecule has 0 aromatic rings. The van der Waals surface area contributed by atoms with Crippen molar-refractivity contribution in [2.45, 2.75) is 0 Å². The minimum Gasteiger partial charge on any atom is -1.00 e. The average molecular weight is 290 g/mol. The van der Waals surface area contributed by atoms with Gasteiger partial charge in [-0.05, 0) is 12.2 Å². The van der Waals surface area contributed by atoms with Gasteiger partial charge in [-0.25, -0.2) is 13.2 Å². The van der Waals surface area contributed by atoms with Gasteiger partial charge in [-0.3, -0.25) is 0 Å². The Labute approximate surface area is 91.7 Å². The summed E-state index contributed by atoms with van der Waals surface area (Å²) in [6, 6.07) is 0. The molecule has 0 nitrogen and oxygen atoms in total. The summed E-state index contributed by atoms with van der Waals surface area (Å²) >= 11 is 0. The van der Waals surface area contributed by atoms with Crippen LogP contribution in [0.3, 0.4) is 0 Å². The van der Waals surface area contributed by atoms with Gasteiger partial charge in [-0.2, -0.15) is 0 Å². The molecule has 5 heteroatoms. The third-order valence-electron chi connectivity index (χ3n) is 1.09. The average Bonchev–Trinajstić information content (AvgIpc) is 1.84. The second-order valence-electron chi connectivity index (χ2n) is 1.86. The fourth-order valence-corrected chi connectivity index (χ4v) is 0.564. The van der Waals surface area contributed by atoms with Crippen LogP contribution in [0.25, 0.3) is 0 Å². The quantitative estimate of drug-likeness (QED) is 0.541. The molecule has 0 aliphatic heterocycles. The summed E-state index contributed by atoms with van der Waals surface area (Å²) in [5.41, 5.74) is -0.140. The third kappa shape index (κ3) is 3.24. The number of halogens is 4. The molecule has 0 spiro atoms. The van der Waals surface area contributed by atoms with Crippen LogP contribution >= 0.6 is 0 Å². The Morgan fingerprint density at radius 1 is 1.00 bits per heavy atom. The second-order valence-corrected chi connectivity index (χ2v) is 1.86. The third-order valence-corrected chi connectivity index (χ3v) is 1.09. The summed E-state index contributed by atoms with van der Waals surface area (Å²) in [6.45, 7) is 3.14. The van der Waals surface area contributed by atoms with Gasteiger partial charge in [-0.15, -0.1) is 0 Å². The van der Waals surface area contributed by atoms with E-state index >= 15 is 0 Å². The molecule has 0 fully saturated rings. The van der Waals surface area contributed by atoms with Crippen molar-refractivity contribution >= 4 is 0 Å². The van der Waals surface area contributed by atoms with Gasteiger partial charge in [0.2, 0.25) is 6.17 Å². The van der Waals surface area contributed by atoms with E-state index in [9.17, 15) is 13.2 Å². The van der Waals surface area contributed by atoms with E-state index in [2.05, 4.69) is 6.58 Å². The van der Waals surface area contributed by atoms with Crippen molar-refractivity contribution in [2.75, 3.05) is 0 Å². The van der Waals surface area contributed by atoms with E-state index in [1.165, 1.54) is 0 Å². The zero-order chi connectivity index (χ0) is 7.72. The van der Waals surface area contributed by atoms with Gasteiger partial charge < -0.3 is 17.0 Å². The Balaban J connectivity index is 0. The molecule has 0 saturated carbocycles. The fraction of sp³-hybridized carbons (Fsp3) is 0. The standard InChI is InChI=1S/C7H4F3.BrH.Zn/c1-4-2-6(9)7(10)3-5(4)8;;/h2-3H,1H2;1H;/p-1. The molecule has 0 bridgehead atoms. The predicted octanol–water partition coefficient (Wildman–Crippen LogP) is -0.234. The van der Waals surface area contributed by atoms with Gasteiger partial charge in [0.25, 0.3) is 0 Å². The van der Waals surface area contributed by atoms with E-state index < -0.39 is 17.8 Å². The second kappa shape index (κ2) is 5.71. The molecule has 0 aromatic heterocycles. The summed E-state index contributed by atoms with van der Waals surface area (Å²) in [5.74, 6) is -1.91. The zero-order valence-electron chi connectivity index (χ0n) is 6.08. The van der Waals surface area contributed by atoms with Crippen LogP contribution in [-0.2, 0) is 19.5 Å². The zero-order valence-corrected chi connectivity index (χ0v) is 10.6. The molecule has 0 unspecified atom stereocenters. The Bertz CT molecular complexity index is 235. The maximum Gasteiger partial charge on any atom is 0.227 e. The molecule has 1 radical (unpaired) electrons. The van der Waals surface area contributed by atoms with Crippen molar-refractivity contribution in [2.24, 2.45) is 0 Å². The van der Waals surface area contributed by atoms with E-state index in [4.69, 9.17) is 0 Å². The van der Waals surface area contributed by atoms with E-state index in [1.54, 1.807) is 0 Å². The number of hydrogen-bond donors (Lipinski definition) is 0. The van der Waals surface area contributed by atoms with Crippen molar-refractivity contribution in [1.29, 1.82) is 0 Å². The predicted molar refractivity (Wildman–Crippen MR) is 31.9 cm³/mol. The fourth-order valence-electron chi connectivity index (χ4n) is 0.564. The first-order chi connectivity index (χ1) is 4.61. The number of hydrogen-bond acceptors (Lipinski definition) is 0. The van der Waals surface area contributed by atoms with Gasteiger partial charge in [-0.1, -0.05) is 6.58 Å². The smallest absolute Gasteiger partial charge is 0.227 e. The topological polar surface area (TPSA) is 0 Å². The molecule has 1 aliphatic carbocycles. The largest absolute Gasteiger partial charge is 1.00 e. The molecule has 0 amide bonds. The molecule has 0 atom stereocenters. The van der Waals surface area contributed by atoms with Crippen molar-refractivity contribution < 1.29 is 49.6 Å². The minimum atomic E-state index is -1.19. The van der Waals surface area contributed by atoms with Crippen molar-refractivity contribution in [1.82, 2.24) is 0 Å². The Hall–Kier alpha value is 0.113. The summed E-state index contributed by atoms with van der Waals surface area (Å²) in [4.78, 5) is 0. The van der Waals surface area contributed by atoms with Crippen LogP contribution in [0.1, 0.15) is 0 Å². The molecule has 0 aromatic carbocycles. The number of allylic oxidation sites excluding steroid dienone is 5. The maximum atomic E-state index is 12.3. The summed E-state index contributed by atoms with van der Waals surface area (Å²) in [5, 5.41) is 0. The molecule has 0 N–H and O–H groups in total. The minimum absolute atomic E-state index is 0. The normalized spacial score (nSPS) is 17.1. The van der Waals surface area contributed by atoms with E-state index in [0.29, 0.717) is 12.2 Å². The van der Waals surface area contributed by atoms with Crippen LogP contribution in [0.4, 0.5) is 13.2 Å². The molecule has 0 saturated heterocycles. The van der Waals surface area contributed by atoms with E-state index in [1.807, 2.05) is 0 Å². The monoisotopic (exact) mass is 288 g/mol. The Morgan fingerprint density at radius 3 is 1.92 bits per heavy atom.